The Bertz CT molecular complexity index is 1670. The highest BCUT2D eigenvalue weighted by molar-refractivity contribution is 5.84. The number of rotatable bonds is 9. The molecule has 6 aliphatic rings. The van der Waals surface area contributed by atoms with Gasteiger partial charge in [-0.25, -0.2) is 0 Å². The second-order valence-electron chi connectivity index (χ2n) is 21.6. The number of aromatic nitrogens is 1. The van der Waals surface area contributed by atoms with E-state index >= 15 is 4.79 Å². The first-order valence-corrected chi connectivity index (χ1v) is 21.7. The van der Waals surface area contributed by atoms with Crippen molar-refractivity contribution in [2.45, 2.75) is 152 Å². The third-order valence-electron chi connectivity index (χ3n) is 17.7. The third-order valence-corrected chi connectivity index (χ3v) is 17.7. The van der Waals surface area contributed by atoms with Gasteiger partial charge in [-0.3, -0.25) is 19.3 Å². The molecule has 0 radical (unpaired) electrons. The molecule has 0 unspecified atom stereocenters. The monoisotopic (exact) mass is 762 g/mol. The number of fused-ring (bicyclic) bond motifs is 7. The lowest BCUT2D eigenvalue weighted by molar-refractivity contribution is -0.250. The molecule has 306 valence electrons. The Balaban J connectivity index is 1.09. The fourth-order valence-electron chi connectivity index (χ4n) is 14.9. The van der Waals surface area contributed by atoms with Gasteiger partial charge in [-0.05, 0) is 129 Å². The second-order valence-corrected chi connectivity index (χ2v) is 21.6. The van der Waals surface area contributed by atoms with Gasteiger partial charge in [-0.2, -0.15) is 0 Å². The molecule has 5 aliphatic carbocycles. The molecule has 7 rings (SSSR count). The van der Waals surface area contributed by atoms with Crippen LogP contribution in [-0.4, -0.2) is 70.2 Å². The van der Waals surface area contributed by atoms with E-state index in [9.17, 15) is 14.7 Å². The van der Waals surface area contributed by atoms with E-state index in [0.29, 0.717) is 35.5 Å². The van der Waals surface area contributed by atoms with Crippen LogP contribution in [0.4, 0.5) is 0 Å². The molecule has 9 nitrogen and oxygen atoms in total. The van der Waals surface area contributed by atoms with Crippen LogP contribution < -0.4 is 0 Å². The Labute approximate surface area is 330 Å². The number of hydrogen-bond donors (Lipinski definition) is 1. The lowest BCUT2D eigenvalue weighted by atomic mass is 9.32. The van der Waals surface area contributed by atoms with Crippen LogP contribution in [0.15, 0.2) is 22.7 Å². The summed E-state index contributed by atoms with van der Waals surface area (Å²) in [5.74, 6) is 2.33. The van der Waals surface area contributed by atoms with Gasteiger partial charge in [0, 0.05) is 44.2 Å². The number of carbonyl (C=O) groups excluding carboxylic acids is 2. The first-order chi connectivity index (χ1) is 25.7. The summed E-state index contributed by atoms with van der Waals surface area (Å²) in [6.45, 7) is 29.0. The van der Waals surface area contributed by atoms with Crippen molar-refractivity contribution in [3.63, 3.8) is 0 Å². The minimum absolute atomic E-state index is 0.0532. The molecule has 55 heavy (non-hydrogen) atoms. The van der Waals surface area contributed by atoms with E-state index in [2.05, 4.69) is 63.1 Å². The van der Waals surface area contributed by atoms with Crippen LogP contribution in [0.25, 0.3) is 0 Å². The number of nitrogens with zero attached hydrogens (tertiary/aromatic N) is 3. The number of carboxylic acid groups (broad SMARTS) is 1. The first kappa shape index (κ1) is 40.5. The highest BCUT2D eigenvalue weighted by atomic mass is 16.5. The molecule has 1 aromatic heterocycles. The molecule has 1 saturated heterocycles. The van der Waals surface area contributed by atoms with Crippen molar-refractivity contribution in [1.82, 2.24) is 15.0 Å². The number of aliphatic carboxylic acids is 1. The Hall–Kier alpha value is -2.68. The van der Waals surface area contributed by atoms with E-state index in [1.165, 1.54) is 24.8 Å². The molecule has 5 saturated carbocycles. The van der Waals surface area contributed by atoms with Crippen molar-refractivity contribution in [3.05, 3.63) is 29.7 Å². The fourth-order valence-corrected chi connectivity index (χ4v) is 14.9. The summed E-state index contributed by atoms with van der Waals surface area (Å²) in [5.41, 5.74) is 1.53. The van der Waals surface area contributed by atoms with Gasteiger partial charge in [-0.15, -0.1) is 0 Å². The van der Waals surface area contributed by atoms with Crippen molar-refractivity contribution in [1.29, 1.82) is 0 Å². The van der Waals surface area contributed by atoms with Gasteiger partial charge in [0.25, 0.3) is 0 Å². The molecule has 10 atom stereocenters. The quantitative estimate of drug-likeness (QED) is 0.196. The molecule has 1 aromatic rings. The number of carboxylic acids is 1. The zero-order chi connectivity index (χ0) is 39.9. The number of ether oxygens (including phenoxy) is 1. The zero-order valence-electron chi connectivity index (χ0n) is 35.6. The molecule has 1 amide bonds. The molecule has 1 aliphatic heterocycles. The van der Waals surface area contributed by atoms with Gasteiger partial charge in [-0.1, -0.05) is 65.8 Å². The van der Waals surface area contributed by atoms with Gasteiger partial charge in [0.15, 0.2) is 0 Å². The van der Waals surface area contributed by atoms with Crippen LogP contribution in [0.1, 0.15) is 144 Å². The lowest BCUT2D eigenvalue weighted by Gasteiger charge is -2.73. The largest absolute Gasteiger partial charge is 0.481 e. The maximum Gasteiger partial charge on any atom is 0.306 e. The van der Waals surface area contributed by atoms with Gasteiger partial charge < -0.3 is 19.3 Å². The standard InChI is InChI=1S/C46H71N3O6/c1-29(2)32-13-18-46(40(53)49-23-21-48(22-24-49)28-31-25-30(3)55-47-31)20-19-44(9)33(39(32)46)11-12-35-43(8)16-15-36(42(6,7)34(43)14-17-45(35,44)10)54-38(52)27-41(4,5)26-37(50)51/h25,32-36,39H,1,11-24,26-28H2,2-10H3,(H,50,51)/t32-,33+,34-,35+,36-,39+,43-,44+,45+,46-/m0/s1. The highest BCUT2D eigenvalue weighted by Gasteiger charge is 2.72. The van der Waals surface area contributed by atoms with Crippen molar-refractivity contribution in [2.24, 2.45) is 62.1 Å². The summed E-state index contributed by atoms with van der Waals surface area (Å²) < 4.78 is 11.6. The average molecular weight is 762 g/mol. The smallest absolute Gasteiger partial charge is 0.306 e. The number of piperazine rings is 1. The van der Waals surface area contributed by atoms with Crippen molar-refractivity contribution in [3.8, 4) is 0 Å². The van der Waals surface area contributed by atoms with E-state index < -0.39 is 11.4 Å². The second kappa shape index (κ2) is 14.0. The summed E-state index contributed by atoms with van der Waals surface area (Å²) in [5, 5.41) is 13.6. The maximum absolute atomic E-state index is 15.1. The van der Waals surface area contributed by atoms with Gasteiger partial charge in [0.2, 0.25) is 5.91 Å². The molecule has 6 fully saturated rings. The van der Waals surface area contributed by atoms with E-state index in [4.69, 9.17) is 9.26 Å². The Morgan fingerprint density at radius 3 is 2.25 bits per heavy atom. The number of esters is 1. The van der Waals surface area contributed by atoms with Crippen LogP contribution in [0.2, 0.25) is 0 Å². The zero-order valence-corrected chi connectivity index (χ0v) is 35.6. The number of amides is 1. The molecular weight excluding hydrogens is 691 g/mol. The summed E-state index contributed by atoms with van der Waals surface area (Å²) in [6, 6.07) is 2.01. The van der Waals surface area contributed by atoms with E-state index in [1.807, 2.05) is 26.8 Å². The molecule has 1 N–H and O–H groups in total. The minimum atomic E-state index is -0.886. The summed E-state index contributed by atoms with van der Waals surface area (Å²) in [6.07, 6.45) is 10.6. The normalized spacial score (nSPS) is 40.0. The van der Waals surface area contributed by atoms with Crippen molar-refractivity contribution < 1.29 is 28.8 Å². The number of carbonyl (C=O) groups is 3. The van der Waals surface area contributed by atoms with Crippen molar-refractivity contribution in [2.75, 3.05) is 26.2 Å². The molecule has 0 spiro atoms. The number of hydrogen-bond acceptors (Lipinski definition) is 7. The van der Waals surface area contributed by atoms with Crippen molar-refractivity contribution >= 4 is 17.8 Å². The molecule has 0 bridgehead atoms. The summed E-state index contributed by atoms with van der Waals surface area (Å²) >= 11 is 0. The average Bonchev–Trinajstić information content (AvgIpc) is 3.69. The predicted octanol–water partition coefficient (Wildman–Crippen LogP) is 9.09. The number of aryl methyl sites for hydroxylation is 1. The first-order valence-electron chi connectivity index (χ1n) is 21.7. The molecule has 2 heterocycles. The van der Waals surface area contributed by atoms with Gasteiger partial charge in [0.1, 0.15) is 11.9 Å². The Morgan fingerprint density at radius 2 is 1.62 bits per heavy atom. The van der Waals surface area contributed by atoms with Crippen LogP contribution in [-0.2, 0) is 25.7 Å². The predicted molar refractivity (Wildman–Crippen MR) is 213 cm³/mol. The summed E-state index contributed by atoms with van der Waals surface area (Å²) in [4.78, 5) is 44.4. The highest BCUT2D eigenvalue weighted by Crippen LogP contribution is 2.77. The van der Waals surface area contributed by atoms with Crippen LogP contribution in [0, 0.1) is 69.0 Å². The van der Waals surface area contributed by atoms with E-state index in [0.717, 1.165) is 89.1 Å². The minimum Gasteiger partial charge on any atom is -0.481 e. The van der Waals surface area contributed by atoms with Crippen LogP contribution >= 0.6 is 0 Å². The SMILES string of the molecule is C=C(C)[C@@H]1CC[C@]2(C(=O)N3CCN(Cc4cc(C)on4)CC3)CC[C@]3(C)[C@H](CC[C@@H]4[C@@]5(C)CC[C@H](OC(=O)CC(C)(C)CC(=O)O)C(C)(C)[C@@H]5CC[C@]43C)[C@@H]12. The van der Waals surface area contributed by atoms with E-state index in [-0.39, 0.29) is 52.0 Å². The summed E-state index contributed by atoms with van der Waals surface area (Å²) in [7, 11) is 0. The Kier molecular flexibility index (Phi) is 10.3. The third kappa shape index (κ3) is 6.62. The maximum atomic E-state index is 15.1. The Morgan fingerprint density at radius 1 is 0.909 bits per heavy atom. The van der Waals surface area contributed by atoms with Gasteiger partial charge >= 0.3 is 11.9 Å². The number of allylic oxidation sites excluding steroid dienone is 1. The topological polar surface area (TPSA) is 113 Å². The fraction of sp³-hybridized carbons (Fsp3) is 0.826. The van der Waals surface area contributed by atoms with Crippen LogP contribution in [0.3, 0.4) is 0 Å². The molecular formula is C46H71N3O6. The molecule has 0 aromatic carbocycles. The van der Waals surface area contributed by atoms with Crippen LogP contribution in [0.5, 0.6) is 0 Å². The lowest BCUT2D eigenvalue weighted by Crippen LogP contribution is -2.67. The van der Waals surface area contributed by atoms with Gasteiger partial charge in [0.05, 0.1) is 24.0 Å². The van der Waals surface area contributed by atoms with E-state index in [1.54, 1.807) is 0 Å². The molecule has 9 heteroatoms.